The summed E-state index contributed by atoms with van der Waals surface area (Å²) in [4.78, 5) is 6.50. The summed E-state index contributed by atoms with van der Waals surface area (Å²) in [6.45, 7) is 2.67. The van der Waals surface area contributed by atoms with Crippen LogP contribution in [0.4, 0.5) is 10.1 Å². The first-order valence-corrected chi connectivity index (χ1v) is 9.75. The van der Waals surface area contributed by atoms with Crippen molar-refractivity contribution in [3.05, 3.63) is 77.4 Å². The van der Waals surface area contributed by atoms with Gasteiger partial charge in [-0.15, -0.1) is 0 Å². The number of ether oxygens (including phenoxy) is 3. The molecule has 3 aliphatic rings. The van der Waals surface area contributed by atoms with Crippen molar-refractivity contribution in [2.75, 3.05) is 31.3 Å². The first-order valence-electron chi connectivity index (χ1n) is 9.75. The molecule has 1 spiro atoms. The molecule has 5 nitrogen and oxygen atoms in total. The zero-order chi connectivity index (χ0) is 19.4. The number of fused-ring (bicyclic) bond motifs is 5. The number of para-hydroxylation sites is 1. The molecule has 1 aromatic heterocycles. The Kier molecular flexibility index (Phi) is 3.51. The number of nitrogens with zero attached hydrogens (tertiary/aromatic N) is 2. The van der Waals surface area contributed by atoms with E-state index in [0.717, 1.165) is 28.3 Å². The van der Waals surface area contributed by atoms with Crippen LogP contribution in [0.25, 0.3) is 0 Å². The summed E-state index contributed by atoms with van der Waals surface area (Å²) in [5, 5.41) is 0. The van der Waals surface area contributed by atoms with Crippen LogP contribution >= 0.6 is 0 Å². The normalized spacial score (nSPS) is 21.1. The highest BCUT2D eigenvalue weighted by molar-refractivity contribution is 5.71. The Morgan fingerprint density at radius 2 is 1.79 bits per heavy atom. The molecule has 0 saturated heterocycles. The molecule has 2 aromatic carbocycles. The average molecular weight is 390 g/mol. The van der Waals surface area contributed by atoms with Crippen LogP contribution in [0.15, 0.2) is 54.7 Å². The molecule has 3 aromatic rings. The predicted molar refractivity (Wildman–Crippen MR) is 105 cm³/mol. The first kappa shape index (κ1) is 16.7. The minimum Gasteiger partial charge on any atom is -0.492 e. The summed E-state index contributed by atoms with van der Waals surface area (Å²) in [5.41, 5.74) is 3.06. The number of hydrogen-bond donors (Lipinski definition) is 0. The second-order valence-corrected chi connectivity index (χ2v) is 7.68. The summed E-state index contributed by atoms with van der Waals surface area (Å²) in [5.74, 6) is 1.99. The molecule has 3 aliphatic heterocycles. The van der Waals surface area contributed by atoms with Crippen molar-refractivity contribution in [2.24, 2.45) is 0 Å². The quantitative estimate of drug-likeness (QED) is 0.668. The monoisotopic (exact) mass is 390 g/mol. The van der Waals surface area contributed by atoms with Gasteiger partial charge in [-0.05, 0) is 29.8 Å². The van der Waals surface area contributed by atoms with Gasteiger partial charge in [0, 0.05) is 24.4 Å². The molecule has 1 atom stereocenters. The highest BCUT2D eigenvalue weighted by Crippen LogP contribution is 2.54. The van der Waals surface area contributed by atoms with Gasteiger partial charge in [-0.1, -0.05) is 18.2 Å². The van der Waals surface area contributed by atoms with Crippen molar-refractivity contribution < 1.29 is 18.6 Å². The van der Waals surface area contributed by atoms with E-state index in [1.807, 2.05) is 36.4 Å². The molecule has 29 heavy (non-hydrogen) atoms. The number of pyridine rings is 1. The number of hydrogen-bond acceptors (Lipinski definition) is 5. The van der Waals surface area contributed by atoms with Gasteiger partial charge in [0.2, 0.25) is 0 Å². The van der Waals surface area contributed by atoms with Gasteiger partial charge in [-0.25, -0.2) is 4.39 Å². The van der Waals surface area contributed by atoms with Gasteiger partial charge in [0.05, 0.1) is 23.3 Å². The molecular formula is C23H19FN2O3. The minimum atomic E-state index is -0.447. The lowest BCUT2D eigenvalue weighted by atomic mass is 9.77. The molecule has 0 aliphatic carbocycles. The molecule has 0 saturated carbocycles. The smallest absolute Gasteiger partial charge is 0.165 e. The Bertz CT molecular complexity index is 1100. The van der Waals surface area contributed by atoms with Crippen LogP contribution in [-0.4, -0.2) is 31.3 Å². The van der Waals surface area contributed by atoms with Crippen molar-refractivity contribution in [2.45, 2.75) is 12.0 Å². The van der Waals surface area contributed by atoms with E-state index in [2.05, 4.69) is 9.88 Å². The lowest BCUT2D eigenvalue weighted by Crippen LogP contribution is -2.36. The molecule has 0 N–H and O–H groups in total. The third-order valence-corrected chi connectivity index (χ3v) is 5.99. The molecule has 0 radical (unpaired) electrons. The zero-order valence-electron chi connectivity index (χ0n) is 15.7. The van der Waals surface area contributed by atoms with Crippen molar-refractivity contribution in [1.82, 2.24) is 4.98 Å². The van der Waals surface area contributed by atoms with Gasteiger partial charge in [0.25, 0.3) is 0 Å². The largest absolute Gasteiger partial charge is 0.492 e. The molecular weight excluding hydrogens is 371 g/mol. The van der Waals surface area contributed by atoms with Crippen molar-refractivity contribution in [1.29, 1.82) is 0 Å². The molecule has 0 amide bonds. The van der Waals surface area contributed by atoms with E-state index in [4.69, 9.17) is 14.2 Å². The Labute approximate surface area is 167 Å². The fourth-order valence-electron chi connectivity index (χ4n) is 4.73. The molecule has 0 bridgehead atoms. The van der Waals surface area contributed by atoms with E-state index in [1.165, 1.54) is 6.07 Å². The fourth-order valence-corrected chi connectivity index (χ4v) is 4.73. The SMILES string of the molecule is Fc1cccc2c1N(Cc1ccccn1)CC21COc2cc3c(cc21)OCCO3. The average Bonchev–Trinajstić information content (AvgIpc) is 3.27. The van der Waals surface area contributed by atoms with E-state index in [-0.39, 0.29) is 5.82 Å². The van der Waals surface area contributed by atoms with Crippen molar-refractivity contribution >= 4 is 5.69 Å². The van der Waals surface area contributed by atoms with E-state index in [0.29, 0.717) is 44.3 Å². The third-order valence-electron chi connectivity index (χ3n) is 5.99. The summed E-state index contributed by atoms with van der Waals surface area (Å²) < 4.78 is 32.6. The van der Waals surface area contributed by atoms with Crippen LogP contribution in [0.2, 0.25) is 0 Å². The summed E-state index contributed by atoms with van der Waals surface area (Å²) in [6, 6.07) is 15.0. The Morgan fingerprint density at radius 1 is 0.931 bits per heavy atom. The standard InChI is InChI=1S/C23H19FN2O3/c24-18-6-3-5-16-22(18)26(12-15-4-1-2-7-25-15)13-23(16)14-29-19-11-21-20(10-17(19)23)27-8-9-28-21/h1-7,10-11H,8-9,12-14H2. The van der Waals surface area contributed by atoms with E-state index >= 15 is 0 Å². The number of halogens is 1. The van der Waals surface area contributed by atoms with Crippen LogP contribution in [-0.2, 0) is 12.0 Å². The first-order chi connectivity index (χ1) is 14.2. The molecule has 1 unspecified atom stereocenters. The van der Waals surface area contributed by atoms with E-state index in [1.54, 1.807) is 12.3 Å². The lowest BCUT2D eigenvalue weighted by molar-refractivity contribution is 0.171. The van der Waals surface area contributed by atoms with Crippen LogP contribution in [0.1, 0.15) is 16.8 Å². The van der Waals surface area contributed by atoms with Gasteiger partial charge >= 0.3 is 0 Å². The van der Waals surface area contributed by atoms with Gasteiger partial charge in [-0.3, -0.25) is 4.98 Å². The van der Waals surface area contributed by atoms with Gasteiger partial charge in [0.15, 0.2) is 11.5 Å². The van der Waals surface area contributed by atoms with Crippen LogP contribution in [0, 0.1) is 5.82 Å². The molecule has 146 valence electrons. The maximum Gasteiger partial charge on any atom is 0.165 e. The zero-order valence-corrected chi connectivity index (χ0v) is 15.7. The third kappa shape index (κ3) is 2.41. The number of aromatic nitrogens is 1. The van der Waals surface area contributed by atoms with Crippen LogP contribution < -0.4 is 19.1 Å². The topological polar surface area (TPSA) is 43.8 Å². The van der Waals surface area contributed by atoms with Crippen molar-refractivity contribution in [3.63, 3.8) is 0 Å². The predicted octanol–water partition coefficient (Wildman–Crippen LogP) is 3.69. The van der Waals surface area contributed by atoms with Gasteiger partial charge in [-0.2, -0.15) is 0 Å². The molecule has 6 rings (SSSR count). The molecule has 4 heterocycles. The highest BCUT2D eigenvalue weighted by atomic mass is 19.1. The maximum absolute atomic E-state index is 15.0. The summed E-state index contributed by atoms with van der Waals surface area (Å²) >= 11 is 0. The summed E-state index contributed by atoms with van der Waals surface area (Å²) in [7, 11) is 0. The number of benzene rings is 2. The maximum atomic E-state index is 15.0. The van der Waals surface area contributed by atoms with E-state index < -0.39 is 5.41 Å². The van der Waals surface area contributed by atoms with Gasteiger partial charge in [0.1, 0.15) is 31.4 Å². The molecule has 6 heteroatoms. The minimum absolute atomic E-state index is 0.221. The number of anilines is 1. The van der Waals surface area contributed by atoms with Gasteiger partial charge < -0.3 is 19.1 Å². The molecule has 0 fully saturated rings. The Hall–Kier alpha value is -3.28. The number of rotatable bonds is 2. The van der Waals surface area contributed by atoms with E-state index in [9.17, 15) is 4.39 Å². The van der Waals surface area contributed by atoms with Crippen molar-refractivity contribution in [3.8, 4) is 17.2 Å². The fraction of sp³-hybridized carbons (Fsp3) is 0.261. The Morgan fingerprint density at radius 3 is 2.62 bits per heavy atom. The van der Waals surface area contributed by atoms with Crippen LogP contribution in [0.5, 0.6) is 17.2 Å². The lowest BCUT2D eigenvalue weighted by Gasteiger charge is -2.26. The summed E-state index contributed by atoms with van der Waals surface area (Å²) in [6.07, 6.45) is 1.76. The second-order valence-electron chi connectivity index (χ2n) is 7.68. The highest BCUT2D eigenvalue weighted by Gasteiger charge is 2.51. The Balaban J connectivity index is 1.48. The van der Waals surface area contributed by atoms with Crippen LogP contribution in [0.3, 0.4) is 0 Å². The second kappa shape index (κ2) is 6.11.